The summed E-state index contributed by atoms with van der Waals surface area (Å²) < 4.78 is 0. The fourth-order valence-corrected chi connectivity index (χ4v) is 2.98. The Hall–Kier alpha value is -1.16. The molecule has 1 aromatic carbocycles. The minimum Gasteiger partial charge on any atom is -0.396 e. The minimum atomic E-state index is 0.278. The van der Waals surface area contributed by atoms with E-state index in [4.69, 9.17) is 5.11 Å². The van der Waals surface area contributed by atoms with Gasteiger partial charge < -0.3 is 10.4 Å². The molecule has 0 aliphatic heterocycles. The smallest absolute Gasteiger partial charge is 0.0434 e. The summed E-state index contributed by atoms with van der Waals surface area (Å²) in [4.78, 5) is 2.68. The van der Waals surface area contributed by atoms with Gasteiger partial charge in [0, 0.05) is 22.9 Å². The fraction of sp³-hybridized carbons (Fsp3) is 0.375. The summed E-state index contributed by atoms with van der Waals surface area (Å²) in [5, 5.41) is 12.3. The lowest BCUT2D eigenvalue weighted by molar-refractivity contribution is 0.260. The maximum absolute atomic E-state index is 8.86. The number of nitrogens with one attached hydrogen (secondary N) is 1. The number of benzene rings is 1. The van der Waals surface area contributed by atoms with Gasteiger partial charge in [-0.15, -0.1) is 11.3 Å². The molecular formula is C16H21NOS. The molecule has 2 N–H and O–H groups in total. The van der Waals surface area contributed by atoms with Crippen molar-refractivity contribution in [3.05, 3.63) is 47.3 Å². The summed E-state index contributed by atoms with van der Waals surface area (Å²) in [6, 6.07) is 14.9. The second-order valence-electron chi connectivity index (χ2n) is 4.88. The molecule has 0 bridgehead atoms. The Labute approximate surface area is 119 Å². The molecule has 0 radical (unpaired) electrons. The van der Waals surface area contributed by atoms with Crippen LogP contribution >= 0.6 is 11.3 Å². The van der Waals surface area contributed by atoms with Gasteiger partial charge in [-0.3, -0.25) is 0 Å². The first kappa shape index (κ1) is 14.3. The molecule has 19 heavy (non-hydrogen) atoms. The van der Waals surface area contributed by atoms with Gasteiger partial charge in [0.05, 0.1) is 0 Å². The molecular weight excluding hydrogens is 254 g/mol. The second-order valence-corrected chi connectivity index (χ2v) is 6.05. The summed E-state index contributed by atoms with van der Waals surface area (Å²) in [6.07, 6.45) is 0.868. The van der Waals surface area contributed by atoms with Crippen molar-refractivity contribution in [2.75, 3.05) is 13.2 Å². The maximum Gasteiger partial charge on any atom is 0.0434 e. The fourth-order valence-electron chi connectivity index (χ4n) is 1.99. The highest BCUT2D eigenvalue weighted by molar-refractivity contribution is 7.15. The third kappa shape index (κ3) is 4.46. The Bertz CT molecular complexity index is 481. The van der Waals surface area contributed by atoms with Gasteiger partial charge in [0.15, 0.2) is 0 Å². The monoisotopic (exact) mass is 275 g/mol. The Kier molecular flexibility index (Phi) is 5.58. The van der Waals surface area contributed by atoms with Gasteiger partial charge in [-0.25, -0.2) is 0 Å². The van der Waals surface area contributed by atoms with Crippen molar-refractivity contribution in [1.82, 2.24) is 5.32 Å². The van der Waals surface area contributed by atoms with E-state index in [1.54, 1.807) is 0 Å². The van der Waals surface area contributed by atoms with Crippen LogP contribution < -0.4 is 5.32 Å². The zero-order chi connectivity index (χ0) is 13.5. The number of hydrogen-bond acceptors (Lipinski definition) is 3. The predicted molar refractivity (Wildman–Crippen MR) is 82.3 cm³/mol. The van der Waals surface area contributed by atoms with Crippen LogP contribution in [0.1, 0.15) is 18.2 Å². The molecule has 1 heterocycles. The van der Waals surface area contributed by atoms with E-state index < -0.39 is 0 Å². The van der Waals surface area contributed by atoms with Gasteiger partial charge in [-0.05, 0) is 36.6 Å². The number of thiophene rings is 1. The topological polar surface area (TPSA) is 32.3 Å². The molecule has 0 amide bonds. The van der Waals surface area contributed by atoms with Crippen LogP contribution in [0.3, 0.4) is 0 Å². The highest BCUT2D eigenvalue weighted by atomic mass is 32.1. The van der Waals surface area contributed by atoms with Crippen molar-refractivity contribution in [1.29, 1.82) is 0 Å². The van der Waals surface area contributed by atoms with Crippen molar-refractivity contribution in [2.45, 2.75) is 19.9 Å². The first-order valence-corrected chi connectivity index (χ1v) is 7.57. The normalized spacial score (nSPS) is 12.5. The van der Waals surface area contributed by atoms with Crippen LogP contribution in [0.2, 0.25) is 0 Å². The van der Waals surface area contributed by atoms with Crippen molar-refractivity contribution in [3.8, 4) is 10.4 Å². The highest BCUT2D eigenvalue weighted by Crippen LogP contribution is 2.27. The van der Waals surface area contributed by atoms with Gasteiger partial charge in [-0.2, -0.15) is 0 Å². The minimum absolute atomic E-state index is 0.278. The third-order valence-corrected chi connectivity index (χ3v) is 4.27. The van der Waals surface area contributed by atoms with Crippen LogP contribution in [-0.4, -0.2) is 18.3 Å². The number of rotatable bonds is 7. The van der Waals surface area contributed by atoms with Gasteiger partial charge in [-0.1, -0.05) is 37.3 Å². The highest BCUT2D eigenvalue weighted by Gasteiger charge is 2.04. The first-order valence-electron chi connectivity index (χ1n) is 6.75. The summed E-state index contributed by atoms with van der Waals surface area (Å²) >= 11 is 1.84. The van der Waals surface area contributed by atoms with E-state index in [9.17, 15) is 0 Å². The third-order valence-electron chi connectivity index (χ3n) is 3.13. The first-order chi connectivity index (χ1) is 9.29. The Morgan fingerprint density at radius 1 is 1.16 bits per heavy atom. The van der Waals surface area contributed by atoms with E-state index in [1.165, 1.54) is 15.3 Å². The molecule has 102 valence electrons. The average Bonchev–Trinajstić information content (AvgIpc) is 2.89. The van der Waals surface area contributed by atoms with Crippen LogP contribution in [0, 0.1) is 5.92 Å². The van der Waals surface area contributed by atoms with E-state index in [1.807, 2.05) is 17.4 Å². The molecule has 0 spiro atoms. The molecule has 1 unspecified atom stereocenters. The lowest BCUT2D eigenvalue weighted by atomic mass is 10.1. The van der Waals surface area contributed by atoms with Crippen molar-refractivity contribution >= 4 is 11.3 Å². The van der Waals surface area contributed by atoms with Crippen LogP contribution in [-0.2, 0) is 6.54 Å². The molecule has 0 saturated heterocycles. The van der Waals surface area contributed by atoms with E-state index in [2.05, 4.69) is 48.6 Å². The van der Waals surface area contributed by atoms with Crippen LogP contribution in [0.25, 0.3) is 10.4 Å². The van der Waals surface area contributed by atoms with E-state index in [-0.39, 0.29) is 6.61 Å². The number of aliphatic hydroxyl groups is 1. The molecule has 3 heteroatoms. The Balaban J connectivity index is 1.85. The quantitative estimate of drug-likeness (QED) is 0.810. The second kappa shape index (κ2) is 7.43. The molecule has 1 aromatic heterocycles. The zero-order valence-electron chi connectivity index (χ0n) is 11.3. The van der Waals surface area contributed by atoms with Crippen molar-refractivity contribution in [3.63, 3.8) is 0 Å². The maximum atomic E-state index is 8.86. The van der Waals surface area contributed by atoms with Gasteiger partial charge in [0.25, 0.3) is 0 Å². The molecule has 2 nitrogen and oxygen atoms in total. The molecule has 0 saturated carbocycles. The van der Waals surface area contributed by atoms with Crippen LogP contribution in [0.4, 0.5) is 0 Å². The Morgan fingerprint density at radius 2 is 1.95 bits per heavy atom. The standard InChI is InChI=1S/C16H21NOS/c1-13(9-10-18)11-17-12-15-7-8-16(19-15)14-5-3-2-4-6-14/h2-8,13,17-18H,9-12H2,1H3. The molecule has 2 rings (SSSR count). The molecule has 0 aliphatic rings. The summed E-state index contributed by atoms with van der Waals surface area (Å²) in [5.41, 5.74) is 1.28. The van der Waals surface area contributed by atoms with Crippen molar-refractivity contribution in [2.24, 2.45) is 5.92 Å². The predicted octanol–water partition coefficient (Wildman–Crippen LogP) is 3.52. The summed E-state index contributed by atoms with van der Waals surface area (Å²) in [5.74, 6) is 0.526. The van der Waals surface area contributed by atoms with Crippen LogP contribution in [0.15, 0.2) is 42.5 Å². The average molecular weight is 275 g/mol. The Morgan fingerprint density at radius 3 is 2.68 bits per heavy atom. The summed E-state index contributed by atoms with van der Waals surface area (Å²) in [6.45, 7) is 4.31. The molecule has 2 aromatic rings. The largest absolute Gasteiger partial charge is 0.396 e. The zero-order valence-corrected chi connectivity index (χ0v) is 12.1. The van der Waals surface area contributed by atoms with Crippen molar-refractivity contribution < 1.29 is 5.11 Å². The van der Waals surface area contributed by atoms with Gasteiger partial charge >= 0.3 is 0 Å². The number of hydrogen-bond donors (Lipinski definition) is 2. The van der Waals surface area contributed by atoms with Gasteiger partial charge in [0.2, 0.25) is 0 Å². The van der Waals surface area contributed by atoms with Gasteiger partial charge in [0.1, 0.15) is 0 Å². The lowest BCUT2D eigenvalue weighted by Gasteiger charge is -2.09. The summed E-state index contributed by atoms with van der Waals surface area (Å²) in [7, 11) is 0. The van der Waals surface area contributed by atoms with Crippen LogP contribution in [0.5, 0.6) is 0 Å². The molecule has 1 atom stereocenters. The number of aliphatic hydroxyl groups excluding tert-OH is 1. The lowest BCUT2D eigenvalue weighted by Crippen LogP contribution is -2.20. The van der Waals surface area contributed by atoms with E-state index >= 15 is 0 Å². The molecule has 0 fully saturated rings. The SMILES string of the molecule is CC(CCO)CNCc1ccc(-c2ccccc2)s1. The molecule has 0 aliphatic carbocycles. The van der Waals surface area contributed by atoms with E-state index in [0.717, 1.165) is 19.5 Å². The van der Waals surface area contributed by atoms with E-state index in [0.29, 0.717) is 5.92 Å².